The van der Waals surface area contributed by atoms with Gasteiger partial charge in [0.1, 0.15) is 11.4 Å². The summed E-state index contributed by atoms with van der Waals surface area (Å²) in [5.74, 6) is -0.729. The molecule has 23 heavy (non-hydrogen) atoms. The van der Waals surface area contributed by atoms with E-state index in [9.17, 15) is 14.4 Å². The van der Waals surface area contributed by atoms with Crippen LogP contribution in [0.2, 0.25) is 0 Å². The molecule has 0 saturated heterocycles. The highest BCUT2D eigenvalue weighted by Crippen LogP contribution is 2.23. The van der Waals surface area contributed by atoms with E-state index in [-0.39, 0.29) is 22.5 Å². The average Bonchev–Trinajstić information content (AvgIpc) is 2.56. The second-order valence-electron chi connectivity index (χ2n) is 4.54. The smallest absolute Gasteiger partial charge is 0.340 e. The molecule has 1 amide bonds. The molecule has 120 valence electrons. The van der Waals surface area contributed by atoms with E-state index in [2.05, 4.69) is 10.4 Å². The second kappa shape index (κ2) is 6.73. The molecule has 0 radical (unpaired) electrons. The SMILES string of the molecule is COC(=O)c1cc(OC)ccc1NC(=O)c1ccc(=O)n(C)n1. The van der Waals surface area contributed by atoms with Crippen LogP contribution in [0.4, 0.5) is 5.69 Å². The summed E-state index contributed by atoms with van der Waals surface area (Å²) in [5.41, 5.74) is 0.100. The third-order valence-electron chi connectivity index (χ3n) is 3.07. The van der Waals surface area contributed by atoms with Crippen molar-refractivity contribution in [3.63, 3.8) is 0 Å². The van der Waals surface area contributed by atoms with Gasteiger partial charge in [-0.2, -0.15) is 5.10 Å². The molecule has 0 aliphatic carbocycles. The molecule has 0 fully saturated rings. The fourth-order valence-corrected chi connectivity index (χ4v) is 1.85. The normalized spacial score (nSPS) is 10.0. The number of esters is 1. The fraction of sp³-hybridized carbons (Fsp3) is 0.200. The van der Waals surface area contributed by atoms with E-state index >= 15 is 0 Å². The number of nitrogens with one attached hydrogen (secondary N) is 1. The zero-order valence-electron chi connectivity index (χ0n) is 12.8. The van der Waals surface area contributed by atoms with Crippen molar-refractivity contribution in [2.75, 3.05) is 19.5 Å². The topological polar surface area (TPSA) is 99.5 Å². The Bertz CT molecular complexity index is 813. The molecule has 0 spiro atoms. The maximum Gasteiger partial charge on any atom is 0.340 e. The van der Waals surface area contributed by atoms with Crippen molar-refractivity contribution in [2.45, 2.75) is 0 Å². The van der Waals surface area contributed by atoms with Crippen LogP contribution < -0.4 is 15.6 Å². The Hall–Kier alpha value is -3.16. The maximum atomic E-state index is 12.2. The fourth-order valence-electron chi connectivity index (χ4n) is 1.85. The first-order valence-electron chi connectivity index (χ1n) is 6.58. The van der Waals surface area contributed by atoms with Gasteiger partial charge in [0.25, 0.3) is 11.5 Å². The van der Waals surface area contributed by atoms with Gasteiger partial charge in [-0.3, -0.25) is 9.59 Å². The molecule has 0 bridgehead atoms. The number of hydrogen-bond acceptors (Lipinski definition) is 6. The van der Waals surface area contributed by atoms with Gasteiger partial charge in [-0.1, -0.05) is 0 Å². The summed E-state index contributed by atoms with van der Waals surface area (Å²) >= 11 is 0. The van der Waals surface area contributed by atoms with Gasteiger partial charge in [-0.25, -0.2) is 9.48 Å². The monoisotopic (exact) mass is 317 g/mol. The quantitative estimate of drug-likeness (QED) is 0.838. The summed E-state index contributed by atoms with van der Waals surface area (Å²) in [5, 5.41) is 6.42. The van der Waals surface area contributed by atoms with Crippen LogP contribution in [0.1, 0.15) is 20.8 Å². The molecule has 1 aromatic carbocycles. The first-order valence-corrected chi connectivity index (χ1v) is 6.58. The maximum absolute atomic E-state index is 12.2. The molecule has 0 unspecified atom stereocenters. The summed E-state index contributed by atoms with van der Waals surface area (Å²) in [4.78, 5) is 35.4. The first kappa shape index (κ1) is 16.2. The number of carbonyl (C=O) groups excluding carboxylic acids is 2. The zero-order chi connectivity index (χ0) is 17.0. The highest BCUT2D eigenvalue weighted by atomic mass is 16.5. The molecule has 2 aromatic rings. The van der Waals surface area contributed by atoms with Crippen LogP contribution >= 0.6 is 0 Å². The summed E-state index contributed by atoms with van der Waals surface area (Å²) in [6, 6.07) is 7.10. The number of carbonyl (C=O) groups is 2. The molecule has 1 N–H and O–H groups in total. The van der Waals surface area contributed by atoms with E-state index in [0.717, 1.165) is 4.68 Å². The minimum atomic E-state index is -0.618. The molecule has 0 atom stereocenters. The molecule has 8 heteroatoms. The van der Waals surface area contributed by atoms with Gasteiger partial charge < -0.3 is 14.8 Å². The predicted octanol–water partition coefficient (Wildman–Crippen LogP) is 0.828. The van der Waals surface area contributed by atoms with Crippen molar-refractivity contribution in [3.8, 4) is 5.75 Å². The van der Waals surface area contributed by atoms with E-state index in [0.29, 0.717) is 5.75 Å². The van der Waals surface area contributed by atoms with E-state index in [1.165, 1.54) is 45.5 Å². The van der Waals surface area contributed by atoms with Crippen molar-refractivity contribution in [2.24, 2.45) is 7.05 Å². The minimum Gasteiger partial charge on any atom is -0.497 e. The van der Waals surface area contributed by atoms with Gasteiger partial charge in [0, 0.05) is 13.1 Å². The number of amides is 1. The number of nitrogens with zero attached hydrogens (tertiary/aromatic N) is 2. The molecule has 2 rings (SSSR count). The number of methoxy groups -OCH3 is 2. The lowest BCUT2D eigenvalue weighted by molar-refractivity contribution is 0.0601. The Morgan fingerprint density at radius 3 is 2.52 bits per heavy atom. The number of aromatic nitrogens is 2. The summed E-state index contributed by atoms with van der Waals surface area (Å²) in [6.45, 7) is 0. The van der Waals surface area contributed by atoms with E-state index in [1.54, 1.807) is 6.07 Å². The second-order valence-corrected chi connectivity index (χ2v) is 4.54. The summed E-state index contributed by atoms with van der Waals surface area (Å²) in [7, 11) is 4.14. The van der Waals surface area contributed by atoms with Gasteiger partial charge >= 0.3 is 5.97 Å². The molecule has 0 aliphatic rings. The zero-order valence-corrected chi connectivity index (χ0v) is 12.8. The van der Waals surface area contributed by atoms with Gasteiger partial charge in [0.05, 0.1) is 25.5 Å². The van der Waals surface area contributed by atoms with Crippen LogP contribution in [0.15, 0.2) is 35.1 Å². The third kappa shape index (κ3) is 3.54. The van der Waals surface area contributed by atoms with Gasteiger partial charge in [-0.05, 0) is 24.3 Å². The number of ether oxygens (including phenoxy) is 2. The van der Waals surface area contributed by atoms with Crippen molar-refractivity contribution in [1.82, 2.24) is 9.78 Å². The van der Waals surface area contributed by atoms with Gasteiger partial charge in [0.15, 0.2) is 0 Å². The first-order chi connectivity index (χ1) is 11.0. The predicted molar refractivity (Wildman–Crippen MR) is 81.8 cm³/mol. The van der Waals surface area contributed by atoms with Gasteiger partial charge in [0.2, 0.25) is 0 Å². The largest absolute Gasteiger partial charge is 0.497 e. The number of rotatable bonds is 4. The standard InChI is InChI=1S/C15H15N3O5/c1-18-13(19)7-6-12(17-18)14(20)16-11-5-4-9(22-2)8-10(11)15(21)23-3/h4-8H,1-3H3,(H,16,20). The number of aryl methyl sites for hydroxylation is 1. The highest BCUT2D eigenvalue weighted by Gasteiger charge is 2.17. The number of hydrogen-bond donors (Lipinski definition) is 1. The molecule has 1 aromatic heterocycles. The van der Waals surface area contributed by atoms with Crippen molar-refractivity contribution in [1.29, 1.82) is 0 Å². The van der Waals surface area contributed by atoms with Crippen LogP contribution in [0.25, 0.3) is 0 Å². The van der Waals surface area contributed by atoms with Gasteiger partial charge in [-0.15, -0.1) is 0 Å². The number of benzene rings is 1. The van der Waals surface area contributed by atoms with Crippen molar-refractivity contribution >= 4 is 17.6 Å². The molecule has 0 saturated carbocycles. The van der Waals surface area contributed by atoms with Crippen LogP contribution in [-0.2, 0) is 11.8 Å². The lowest BCUT2D eigenvalue weighted by Crippen LogP contribution is -2.24. The molecular formula is C15H15N3O5. The Morgan fingerprint density at radius 2 is 1.91 bits per heavy atom. The lowest BCUT2D eigenvalue weighted by atomic mass is 10.1. The van der Waals surface area contributed by atoms with E-state index < -0.39 is 11.9 Å². The van der Waals surface area contributed by atoms with E-state index in [4.69, 9.17) is 9.47 Å². The highest BCUT2D eigenvalue weighted by molar-refractivity contribution is 6.07. The van der Waals surface area contributed by atoms with Crippen LogP contribution in [0.5, 0.6) is 5.75 Å². The third-order valence-corrected chi connectivity index (χ3v) is 3.07. The number of anilines is 1. The molecule has 8 nitrogen and oxygen atoms in total. The van der Waals surface area contributed by atoms with Crippen molar-refractivity contribution < 1.29 is 19.1 Å². The Labute approximate surface area is 131 Å². The minimum absolute atomic E-state index is 0.0405. The Kier molecular flexibility index (Phi) is 4.75. The lowest BCUT2D eigenvalue weighted by Gasteiger charge is -2.11. The van der Waals surface area contributed by atoms with E-state index in [1.807, 2.05) is 0 Å². The molecule has 0 aliphatic heterocycles. The average molecular weight is 317 g/mol. The Morgan fingerprint density at radius 1 is 1.17 bits per heavy atom. The molecule has 1 heterocycles. The van der Waals surface area contributed by atoms with Crippen molar-refractivity contribution in [3.05, 3.63) is 51.9 Å². The van der Waals surface area contributed by atoms with Crippen LogP contribution in [0.3, 0.4) is 0 Å². The molecular weight excluding hydrogens is 302 g/mol. The van der Waals surface area contributed by atoms with Crippen LogP contribution in [0, 0.1) is 0 Å². The summed E-state index contributed by atoms with van der Waals surface area (Å²) in [6.07, 6.45) is 0. The van der Waals surface area contributed by atoms with Crippen LogP contribution in [-0.4, -0.2) is 35.9 Å². The Balaban J connectivity index is 2.34. The summed E-state index contributed by atoms with van der Waals surface area (Å²) < 4.78 is 10.8.